The second-order valence-corrected chi connectivity index (χ2v) is 5.24. The van der Waals surface area contributed by atoms with E-state index < -0.39 is 0 Å². The minimum atomic E-state index is -0.294. The fourth-order valence-corrected chi connectivity index (χ4v) is 2.69. The van der Waals surface area contributed by atoms with E-state index in [1.54, 1.807) is 4.57 Å². The maximum absolute atomic E-state index is 11.6. The molecule has 2 aromatic rings. The first-order chi connectivity index (χ1) is 8.61. The van der Waals surface area contributed by atoms with Crippen LogP contribution in [0.15, 0.2) is 27.4 Å². The van der Waals surface area contributed by atoms with Gasteiger partial charge >= 0.3 is 5.76 Å². The summed E-state index contributed by atoms with van der Waals surface area (Å²) in [6, 6.07) is 5.92. The van der Waals surface area contributed by atoms with Crippen molar-refractivity contribution in [2.45, 2.75) is 32.9 Å². The van der Waals surface area contributed by atoms with E-state index >= 15 is 0 Å². The third kappa shape index (κ3) is 1.68. The van der Waals surface area contributed by atoms with Crippen LogP contribution in [0.5, 0.6) is 0 Å². The zero-order valence-electron chi connectivity index (χ0n) is 10.7. The van der Waals surface area contributed by atoms with Crippen LogP contribution in [0.3, 0.4) is 0 Å². The van der Waals surface area contributed by atoms with Crippen molar-refractivity contribution < 1.29 is 4.42 Å². The molecule has 96 valence electrons. The molecule has 1 aliphatic carbocycles. The van der Waals surface area contributed by atoms with Crippen molar-refractivity contribution >= 4 is 11.1 Å². The number of oxazole rings is 1. The van der Waals surface area contributed by atoms with Crippen LogP contribution in [0.25, 0.3) is 11.1 Å². The lowest BCUT2D eigenvalue weighted by molar-refractivity contribution is 0.512. The van der Waals surface area contributed by atoms with Gasteiger partial charge in [0.2, 0.25) is 0 Å². The standard InChI is InChI=1S/C14H18N2O2/c1-3-16-11-5-4-9(7-12(11)18-14(16)17)13(15)10-6-8(10)2/h4-5,7-8,10,13H,3,6,15H2,1-2H3. The minimum absolute atomic E-state index is 0.0553. The fourth-order valence-electron chi connectivity index (χ4n) is 2.69. The normalized spacial score (nSPS) is 24.4. The molecule has 0 aliphatic heterocycles. The highest BCUT2D eigenvalue weighted by atomic mass is 16.4. The van der Waals surface area contributed by atoms with Gasteiger partial charge in [-0.25, -0.2) is 4.79 Å². The summed E-state index contributed by atoms with van der Waals surface area (Å²) in [6.45, 7) is 4.77. The molecule has 1 fully saturated rings. The number of nitrogens with zero attached hydrogens (tertiary/aromatic N) is 1. The molecule has 0 spiro atoms. The van der Waals surface area contributed by atoms with Gasteiger partial charge < -0.3 is 10.2 Å². The summed E-state index contributed by atoms with van der Waals surface area (Å²) in [5.41, 5.74) is 8.79. The van der Waals surface area contributed by atoms with E-state index in [1.165, 1.54) is 6.42 Å². The highest BCUT2D eigenvalue weighted by Gasteiger charge is 2.38. The Morgan fingerprint density at radius 1 is 1.56 bits per heavy atom. The van der Waals surface area contributed by atoms with Crippen molar-refractivity contribution in [1.82, 2.24) is 4.57 Å². The number of hydrogen-bond acceptors (Lipinski definition) is 3. The first-order valence-corrected chi connectivity index (χ1v) is 6.50. The van der Waals surface area contributed by atoms with Crippen LogP contribution in [0.4, 0.5) is 0 Å². The van der Waals surface area contributed by atoms with E-state index in [-0.39, 0.29) is 11.8 Å². The smallest absolute Gasteiger partial charge is 0.408 e. The molecule has 18 heavy (non-hydrogen) atoms. The summed E-state index contributed by atoms with van der Waals surface area (Å²) in [6.07, 6.45) is 1.19. The lowest BCUT2D eigenvalue weighted by Crippen LogP contribution is -2.13. The molecule has 1 aromatic heterocycles. The van der Waals surface area contributed by atoms with Crippen LogP contribution in [0.2, 0.25) is 0 Å². The first kappa shape index (κ1) is 11.5. The summed E-state index contributed by atoms with van der Waals surface area (Å²) in [4.78, 5) is 11.6. The Morgan fingerprint density at radius 2 is 2.28 bits per heavy atom. The quantitative estimate of drug-likeness (QED) is 0.903. The van der Waals surface area contributed by atoms with Crippen LogP contribution in [-0.2, 0) is 6.54 Å². The van der Waals surface area contributed by atoms with Crippen LogP contribution in [0, 0.1) is 11.8 Å². The van der Waals surface area contributed by atoms with Gasteiger partial charge in [0.15, 0.2) is 5.58 Å². The molecule has 0 amide bonds. The van der Waals surface area contributed by atoms with Crippen LogP contribution in [0.1, 0.15) is 31.9 Å². The molecule has 1 aromatic carbocycles. The number of aromatic nitrogens is 1. The zero-order valence-corrected chi connectivity index (χ0v) is 10.7. The SMILES string of the molecule is CCn1c(=O)oc2cc(C(N)C3CC3C)ccc21. The third-order valence-corrected chi connectivity index (χ3v) is 4.03. The predicted molar refractivity (Wildman–Crippen MR) is 70.3 cm³/mol. The maximum Gasteiger partial charge on any atom is 0.419 e. The van der Waals surface area contributed by atoms with E-state index in [0.717, 1.165) is 11.1 Å². The minimum Gasteiger partial charge on any atom is -0.408 e. The molecule has 2 N–H and O–H groups in total. The number of fused-ring (bicyclic) bond motifs is 1. The van der Waals surface area contributed by atoms with E-state index in [4.69, 9.17) is 10.2 Å². The lowest BCUT2D eigenvalue weighted by Gasteiger charge is -2.11. The molecular formula is C14H18N2O2. The van der Waals surface area contributed by atoms with Crippen molar-refractivity contribution in [3.8, 4) is 0 Å². The highest BCUT2D eigenvalue weighted by molar-refractivity contribution is 5.74. The summed E-state index contributed by atoms with van der Waals surface area (Å²) in [5.74, 6) is 0.989. The number of aryl methyl sites for hydroxylation is 1. The van der Waals surface area contributed by atoms with Crippen LogP contribution >= 0.6 is 0 Å². The van der Waals surface area contributed by atoms with Crippen molar-refractivity contribution in [3.63, 3.8) is 0 Å². The fraction of sp³-hybridized carbons (Fsp3) is 0.500. The molecular weight excluding hydrogens is 228 g/mol. The van der Waals surface area contributed by atoms with Crippen molar-refractivity contribution in [1.29, 1.82) is 0 Å². The Hall–Kier alpha value is -1.55. The zero-order chi connectivity index (χ0) is 12.9. The Kier molecular flexibility index (Phi) is 2.55. The molecule has 4 heteroatoms. The average Bonchev–Trinajstić information content (AvgIpc) is 2.99. The van der Waals surface area contributed by atoms with E-state index in [9.17, 15) is 4.79 Å². The van der Waals surface area contributed by atoms with Crippen molar-refractivity contribution in [2.75, 3.05) is 0 Å². The van der Waals surface area contributed by atoms with Crippen molar-refractivity contribution in [2.24, 2.45) is 17.6 Å². The van der Waals surface area contributed by atoms with Gasteiger partial charge in [0.25, 0.3) is 0 Å². The largest absolute Gasteiger partial charge is 0.419 e. The van der Waals surface area contributed by atoms with Crippen LogP contribution in [-0.4, -0.2) is 4.57 Å². The Labute approximate surface area is 105 Å². The van der Waals surface area contributed by atoms with E-state index in [2.05, 4.69) is 6.92 Å². The van der Waals surface area contributed by atoms with Gasteiger partial charge in [-0.05, 0) is 42.9 Å². The van der Waals surface area contributed by atoms with Gasteiger partial charge in [0, 0.05) is 12.6 Å². The van der Waals surface area contributed by atoms with Gasteiger partial charge in [0.1, 0.15) is 0 Å². The van der Waals surface area contributed by atoms with Gasteiger partial charge in [-0.3, -0.25) is 4.57 Å². The molecule has 0 saturated heterocycles. The predicted octanol–water partition coefficient (Wildman–Crippen LogP) is 2.27. The summed E-state index contributed by atoms with van der Waals surface area (Å²) in [5, 5.41) is 0. The molecule has 3 atom stereocenters. The molecule has 1 heterocycles. The molecule has 0 radical (unpaired) electrons. The molecule has 3 unspecified atom stereocenters. The molecule has 4 nitrogen and oxygen atoms in total. The Bertz CT molecular complexity index is 641. The second-order valence-electron chi connectivity index (χ2n) is 5.24. The van der Waals surface area contributed by atoms with Gasteiger partial charge in [0.05, 0.1) is 5.52 Å². The van der Waals surface area contributed by atoms with Gasteiger partial charge in [-0.2, -0.15) is 0 Å². The highest BCUT2D eigenvalue weighted by Crippen LogP contribution is 2.45. The van der Waals surface area contributed by atoms with Crippen LogP contribution < -0.4 is 11.5 Å². The number of nitrogens with two attached hydrogens (primary N) is 1. The maximum atomic E-state index is 11.6. The van der Waals surface area contributed by atoms with Gasteiger partial charge in [-0.15, -0.1) is 0 Å². The number of rotatable bonds is 3. The summed E-state index contributed by atoms with van der Waals surface area (Å²) >= 11 is 0. The summed E-state index contributed by atoms with van der Waals surface area (Å²) in [7, 11) is 0. The topological polar surface area (TPSA) is 61.2 Å². The second kappa shape index (κ2) is 3.99. The van der Waals surface area contributed by atoms with E-state index in [0.29, 0.717) is 24.0 Å². The third-order valence-electron chi connectivity index (χ3n) is 4.03. The summed E-state index contributed by atoms with van der Waals surface area (Å²) < 4.78 is 6.89. The molecule has 3 rings (SSSR count). The molecule has 1 aliphatic rings. The van der Waals surface area contributed by atoms with E-state index in [1.807, 2.05) is 25.1 Å². The average molecular weight is 246 g/mol. The Morgan fingerprint density at radius 3 is 2.89 bits per heavy atom. The lowest BCUT2D eigenvalue weighted by atomic mass is 10.0. The number of benzene rings is 1. The Balaban J connectivity index is 2.04. The monoisotopic (exact) mass is 246 g/mol. The molecule has 1 saturated carbocycles. The van der Waals surface area contributed by atoms with Gasteiger partial charge in [-0.1, -0.05) is 13.0 Å². The first-order valence-electron chi connectivity index (χ1n) is 6.50. The molecule has 0 bridgehead atoms. The van der Waals surface area contributed by atoms with Crippen molar-refractivity contribution in [3.05, 3.63) is 34.3 Å². The number of hydrogen-bond donors (Lipinski definition) is 1.